The third-order valence-electron chi connectivity index (χ3n) is 4.18. The van der Waals surface area contributed by atoms with Crippen LogP contribution in [0.2, 0.25) is 0 Å². The summed E-state index contributed by atoms with van der Waals surface area (Å²) in [5.74, 6) is 0. The van der Waals surface area contributed by atoms with Gasteiger partial charge in [-0.05, 0) is 0 Å². The fraction of sp³-hybridized carbons (Fsp3) is 0. The van der Waals surface area contributed by atoms with Crippen molar-refractivity contribution < 1.29 is 0 Å². The molecule has 0 aliphatic rings. The van der Waals surface area contributed by atoms with Crippen molar-refractivity contribution in [3.05, 3.63) is 114 Å². The third-order valence-corrected chi connectivity index (χ3v) is 4.18. The highest BCUT2D eigenvalue weighted by Gasteiger charge is 2.07. The van der Waals surface area contributed by atoms with Gasteiger partial charge in [0.15, 0.2) is 0 Å². The van der Waals surface area contributed by atoms with Gasteiger partial charge in [0.1, 0.15) is 5.71 Å². The van der Waals surface area contributed by atoms with Gasteiger partial charge in [0.05, 0.1) is 18.1 Å². The van der Waals surface area contributed by atoms with Crippen LogP contribution in [0.4, 0.5) is 0 Å². The van der Waals surface area contributed by atoms with Gasteiger partial charge in [-0.1, -0.05) is 91.0 Å². The summed E-state index contributed by atoms with van der Waals surface area (Å²) >= 11 is 0. The van der Waals surface area contributed by atoms with Crippen LogP contribution in [0.5, 0.6) is 0 Å². The zero-order chi connectivity index (χ0) is 18.3. The van der Waals surface area contributed by atoms with Crippen LogP contribution < -0.4 is 0 Å². The summed E-state index contributed by atoms with van der Waals surface area (Å²) in [5.41, 5.74) is 5.76. The largest absolute Gasteiger partial charge is 0.277 e. The zero-order valence-electron chi connectivity index (χ0n) is 14.7. The Morgan fingerprint density at radius 3 is 1.89 bits per heavy atom. The van der Waals surface area contributed by atoms with Crippen molar-refractivity contribution in [2.24, 2.45) is 10.2 Å². The average Bonchev–Trinajstić information content (AvgIpc) is 3.22. The van der Waals surface area contributed by atoms with Crippen LogP contribution in [0, 0.1) is 0 Å². The molecule has 4 aromatic rings. The van der Waals surface area contributed by atoms with Crippen molar-refractivity contribution in [1.29, 1.82) is 0 Å². The van der Waals surface area contributed by atoms with Gasteiger partial charge >= 0.3 is 0 Å². The Kier molecular flexibility index (Phi) is 4.97. The van der Waals surface area contributed by atoms with E-state index in [9.17, 15) is 0 Å². The van der Waals surface area contributed by atoms with Crippen LogP contribution in [0.15, 0.2) is 107 Å². The first-order chi connectivity index (χ1) is 13.4. The standard InChI is InChI=1S/C23H18N4/c1-4-10-18(11-5-1)22(19-12-6-2-7-13-19)26-24-16-21-17-25-27-23(21)20-14-8-3-9-15-20/h1-17H,(H,25,27). The minimum Gasteiger partial charge on any atom is -0.277 e. The summed E-state index contributed by atoms with van der Waals surface area (Å²) in [6, 6.07) is 30.2. The summed E-state index contributed by atoms with van der Waals surface area (Å²) in [6.45, 7) is 0. The lowest BCUT2D eigenvalue weighted by atomic mass is 10.0. The molecule has 4 nitrogen and oxygen atoms in total. The Morgan fingerprint density at radius 1 is 0.741 bits per heavy atom. The smallest absolute Gasteiger partial charge is 0.100 e. The summed E-state index contributed by atoms with van der Waals surface area (Å²) in [6.07, 6.45) is 3.49. The third kappa shape index (κ3) is 3.90. The van der Waals surface area contributed by atoms with Gasteiger partial charge < -0.3 is 0 Å². The van der Waals surface area contributed by atoms with Crippen LogP contribution in [-0.2, 0) is 0 Å². The molecule has 0 fully saturated rings. The van der Waals surface area contributed by atoms with Gasteiger partial charge in [0.25, 0.3) is 0 Å². The van der Waals surface area contributed by atoms with Gasteiger partial charge in [-0.2, -0.15) is 10.2 Å². The van der Waals surface area contributed by atoms with Gasteiger partial charge in [0, 0.05) is 22.3 Å². The molecule has 4 heteroatoms. The number of aromatic amines is 1. The van der Waals surface area contributed by atoms with Gasteiger partial charge in [0.2, 0.25) is 0 Å². The van der Waals surface area contributed by atoms with Crippen molar-refractivity contribution in [1.82, 2.24) is 10.2 Å². The molecule has 1 aromatic heterocycles. The quantitative estimate of drug-likeness (QED) is 0.402. The molecule has 0 radical (unpaired) electrons. The maximum atomic E-state index is 4.52. The fourth-order valence-electron chi connectivity index (χ4n) is 2.85. The van der Waals surface area contributed by atoms with E-state index in [1.807, 2.05) is 91.0 Å². The number of rotatable bonds is 5. The first kappa shape index (κ1) is 16.7. The molecule has 3 aromatic carbocycles. The van der Waals surface area contributed by atoms with Crippen LogP contribution in [0.25, 0.3) is 11.3 Å². The van der Waals surface area contributed by atoms with E-state index in [1.54, 1.807) is 12.4 Å². The topological polar surface area (TPSA) is 53.4 Å². The molecule has 0 saturated carbocycles. The fourth-order valence-corrected chi connectivity index (χ4v) is 2.85. The molecule has 1 N–H and O–H groups in total. The molecule has 4 rings (SSSR count). The van der Waals surface area contributed by atoms with E-state index in [1.165, 1.54) is 0 Å². The van der Waals surface area contributed by atoms with Crippen LogP contribution in [-0.4, -0.2) is 22.1 Å². The first-order valence-corrected chi connectivity index (χ1v) is 8.72. The van der Waals surface area contributed by atoms with Gasteiger partial charge in [-0.15, -0.1) is 5.10 Å². The molecular formula is C23H18N4. The van der Waals surface area contributed by atoms with Crippen molar-refractivity contribution in [2.45, 2.75) is 0 Å². The second-order valence-electron chi connectivity index (χ2n) is 5.99. The Bertz CT molecular complexity index is 1010. The van der Waals surface area contributed by atoms with E-state index in [-0.39, 0.29) is 0 Å². The molecule has 0 spiro atoms. The summed E-state index contributed by atoms with van der Waals surface area (Å²) in [4.78, 5) is 0. The highest BCUT2D eigenvalue weighted by Crippen LogP contribution is 2.19. The number of aromatic nitrogens is 2. The lowest BCUT2D eigenvalue weighted by molar-refractivity contribution is 1.10. The second kappa shape index (κ2) is 8.06. The molecule has 0 aliphatic carbocycles. The number of H-pyrrole nitrogens is 1. The number of hydrogen-bond donors (Lipinski definition) is 1. The highest BCUT2D eigenvalue weighted by molar-refractivity contribution is 6.13. The monoisotopic (exact) mass is 350 g/mol. The van der Waals surface area contributed by atoms with Crippen LogP contribution in [0.3, 0.4) is 0 Å². The molecule has 27 heavy (non-hydrogen) atoms. The number of nitrogens with one attached hydrogen (secondary N) is 1. The van der Waals surface area contributed by atoms with E-state index in [4.69, 9.17) is 0 Å². The average molecular weight is 350 g/mol. The molecule has 0 aliphatic heterocycles. The molecule has 0 saturated heterocycles. The predicted molar refractivity (Wildman–Crippen MR) is 110 cm³/mol. The Labute approximate surface area is 157 Å². The Hall–Kier alpha value is -3.79. The number of hydrogen-bond acceptors (Lipinski definition) is 3. The number of benzene rings is 3. The minimum atomic E-state index is 0.831. The van der Waals surface area contributed by atoms with E-state index in [2.05, 4.69) is 20.4 Å². The van der Waals surface area contributed by atoms with E-state index in [0.717, 1.165) is 33.7 Å². The van der Waals surface area contributed by atoms with Crippen molar-refractivity contribution in [3.63, 3.8) is 0 Å². The van der Waals surface area contributed by atoms with E-state index in [0.29, 0.717) is 0 Å². The molecule has 130 valence electrons. The minimum absolute atomic E-state index is 0.831. The zero-order valence-corrected chi connectivity index (χ0v) is 14.7. The molecule has 1 heterocycles. The van der Waals surface area contributed by atoms with Gasteiger partial charge in [-0.25, -0.2) is 0 Å². The summed E-state index contributed by atoms with van der Waals surface area (Å²) < 4.78 is 0. The van der Waals surface area contributed by atoms with Gasteiger partial charge in [-0.3, -0.25) is 5.10 Å². The maximum absolute atomic E-state index is 4.52. The Morgan fingerprint density at radius 2 is 1.30 bits per heavy atom. The van der Waals surface area contributed by atoms with E-state index >= 15 is 0 Å². The van der Waals surface area contributed by atoms with Crippen molar-refractivity contribution in [3.8, 4) is 11.3 Å². The predicted octanol–water partition coefficient (Wildman–Crippen LogP) is 4.95. The van der Waals surface area contributed by atoms with Crippen LogP contribution >= 0.6 is 0 Å². The van der Waals surface area contributed by atoms with E-state index < -0.39 is 0 Å². The molecular weight excluding hydrogens is 332 g/mol. The lowest BCUT2D eigenvalue weighted by Crippen LogP contribution is -2.02. The second-order valence-corrected chi connectivity index (χ2v) is 5.99. The van der Waals surface area contributed by atoms with Crippen molar-refractivity contribution in [2.75, 3.05) is 0 Å². The lowest BCUT2D eigenvalue weighted by Gasteiger charge is -2.05. The summed E-state index contributed by atoms with van der Waals surface area (Å²) in [7, 11) is 0. The Balaban J connectivity index is 1.68. The molecule has 0 atom stereocenters. The normalized spacial score (nSPS) is 10.8. The molecule has 0 bridgehead atoms. The van der Waals surface area contributed by atoms with Crippen molar-refractivity contribution >= 4 is 11.9 Å². The molecule has 0 amide bonds. The number of nitrogens with zero attached hydrogens (tertiary/aromatic N) is 3. The SMILES string of the molecule is C(=NN=C(c1ccccc1)c1ccccc1)c1cn[nH]c1-c1ccccc1. The maximum Gasteiger partial charge on any atom is 0.100 e. The first-order valence-electron chi connectivity index (χ1n) is 8.72. The highest BCUT2D eigenvalue weighted by atomic mass is 15.2. The van der Waals surface area contributed by atoms with Crippen LogP contribution in [0.1, 0.15) is 16.7 Å². The summed E-state index contributed by atoms with van der Waals surface area (Å²) in [5, 5.41) is 16.1. The molecule has 0 unspecified atom stereocenters.